The number of ether oxygens (including phenoxy) is 1. The van der Waals surface area contributed by atoms with E-state index in [1.54, 1.807) is 13.0 Å². The van der Waals surface area contributed by atoms with Crippen molar-refractivity contribution >= 4 is 20.5 Å². The number of benzene rings is 1. The Hall–Kier alpha value is -1.51. The van der Waals surface area contributed by atoms with Gasteiger partial charge in [-0.25, -0.2) is 4.79 Å². The lowest BCUT2D eigenvalue weighted by Crippen LogP contribution is -2.28. The monoisotopic (exact) mass is 280 g/mol. The summed E-state index contributed by atoms with van der Waals surface area (Å²) in [6, 6.07) is 9.38. The van der Waals surface area contributed by atoms with Gasteiger partial charge in [0, 0.05) is 12.2 Å². The number of aliphatic hydroxyl groups excluding tert-OH is 1. The van der Waals surface area contributed by atoms with Crippen molar-refractivity contribution < 1.29 is 19.2 Å². The van der Waals surface area contributed by atoms with E-state index in [4.69, 9.17) is 4.74 Å². The first-order valence-electron chi connectivity index (χ1n) is 6.04. The molecule has 0 saturated heterocycles. The van der Waals surface area contributed by atoms with Gasteiger partial charge >= 0.3 is 5.97 Å². The predicted molar refractivity (Wildman–Crippen MR) is 74.1 cm³/mol. The number of esters is 1. The molecule has 0 heterocycles. The molecule has 1 aromatic rings. The third-order valence-corrected chi connectivity index (χ3v) is 3.01. The highest BCUT2D eigenvalue weighted by Crippen LogP contribution is 2.08. The van der Waals surface area contributed by atoms with Crippen molar-refractivity contribution in [3.8, 4) is 0 Å². The highest BCUT2D eigenvalue weighted by atomic mass is 31.1. The molecule has 0 aliphatic heterocycles. The van der Waals surface area contributed by atoms with E-state index < -0.39 is 18.2 Å². The van der Waals surface area contributed by atoms with Crippen molar-refractivity contribution in [3.63, 3.8) is 0 Å². The van der Waals surface area contributed by atoms with Gasteiger partial charge in [-0.2, -0.15) is 0 Å². The normalized spacial score (nSPS) is 14.4. The Morgan fingerprint density at radius 3 is 2.74 bits per heavy atom. The van der Waals surface area contributed by atoms with Gasteiger partial charge in [0.15, 0.2) is 8.46 Å². The molecule has 0 aromatic heterocycles. The second-order valence-corrected chi connectivity index (χ2v) is 4.80. The van der Waals surface area contributed by atoms with Crippen LogP contribution in [-0.4, -0.2) is 29.4 Å². The van der Waals surface area contributed by atoms with E-state index in [0.29, 0.717) is 12.6 Å². The minimum Gasteiger partial charge on any atom is -0.457 e. The SMILES string of the molecule is CC(OC(=O)C=Cc1ccccc1)C(O)CCP=O. The molecule has 102 valence electrons. The average molecular weight is 280 g/mol. The molecule has 1 rings (SSSR count). The molecule has 0 bridgehead atoms. The molecule has 0 aliphatic carbocycles. The zero-order valence-electron chi connectivity index (χ0n) is 10.7. The van der Waals surface area contributed by atoms with Crippen LogP contribution >= 0.6 is 8.46 Å². The van der Waals surface area contributed by atoms with Gasteiger partial charge in [-0.1, -0.05) is 30.3 Å². The Morgan fingerprint density at radius 2 is 2.11 bits per heavy atom. The standard InChI is InChI=1S/C14H17O4P/c1-11(13(15)9-10-19-17)18-14(16)8-7-12-5-3-2-4-6-12/h2-8,11,13,15H,9-10H2,1H3. The molecule has 0 amide bonds. The lowest BCUT2D eigenvalue weighted by atomic mass is 10.2. The number of carbonyl (C=O) groups is 1. The van der Waals surface area contributed by atoms with E-state index >= 15 is 0 Å². The van der Waals surface area contributed by atoms with E-state index in [1.165, 1.54) is 6.08 Å². The number of hydrogen-bond acceptors (Lipinski definition) is 4. The summed E-state index contributed by atoms with van der Waals surface area (Å²) in [7, 11) is -0.0172. The maximum atomic E-state index is 11.5. The van der Waals surface area contributed by atoms with Gasteiger partial charge in [0.05, 0.1) is 6.10 Å². The summed E-state index contributed by atoms with van der Waals surface area (Å²) in [5.41, 5.74) is 0.901. The number of carbonyl (C=O) groups excluding carboxylic acids is 1. The second-order valence-electron chi connectivity index (χ2n) is 4.09. The molecule has 0 saturated carbocycles. The van der Waals surface area contributed by atoms with Gasteiger partial charge in [0.2, 0.25) is 0 Å². The molecule has 0 fully saturated rings. The minimum absolute atomic E-state index is 0.0172. The van der Waals surface area contributed by atoms with Crippen LogP contribution in [0.2, 0.25) is 0 Å². The third kappa shape index (κ3) is 6.27. The zero-order valence-corrected chi connectivity index (χ0v) is 11.6. The Balaban J connectivity index is 2.42. The fraction of sp³-hybridized carbons (Fsp3) is 0.357. The van der Waals surface area contributed by atoms with Crippen LogP contribution in [0, 0.1) is 0 Å². The van der Waals surface area contributed by atoms with E-state index in [1.807, 2.05) is 30.3 Å². The van der Waals surface area contributed by atoms with Gasteiger partial charge in [-0.15, -0.1) is 0 Å². The molecule has 0 radical (unpaired) electrons. The summed E-state index contributed by atoms with van der Waals surface area (Å²) in [6.45, 7) is 1.61. The zero-order chi connectivity index (χ0) is 14.1. The highest BCUT2D eigenvalue weighted by molar-refractivity contribution is 7.23. The topological polar surface area (TPSA) is 63.6 Å². The maximum absolute atomic E-state index is 11.5. The molecule has 2 unspecified atom stereocenters. The highest BCUT2D eigenvalue weighted by Gasteiger charge is 2.17. The Morgan fingerprint density at radius 1 is 1.42 bits per heavy atom. The van der Waals surface area contributed by atoms with Crippen molar-refractivity contribution in [2.45, 2.75) is 25.6 Å². The van der Waals surface area contributed by atoms with E-state index in [0.717, 1.165) is 5.56 Å². The molecule has 5 heteroatoms. The quantitative estimate of drug-likeness (QED) is 0.474. The van der Waals surface area contributed by atoms with Crippen molar-refractivity contribution in [2.24, 2.45) is 0 Å². The summed E-state index contributed by atoms with van der Waals surface area (Å²) in [5.74, 6) is -0.505. The molecule has 4 nitrogen and oxygen atoms in total. The Labute approximate surface area is 114 Å². The second kappa shape index (κ2) is 8.57. The van der Waals surface area contributed by atoms with E-state index in [2.05, 4.69) is 0 Å². The van der Waals surface area contributed by atoms with Gasteiger partial charge in [-0.05, 0) is 25.0 Å². The Bertz CT molecular complexity index is 430. The average Bonchev–Trinajstić information content (AvgIpc) is 2.43. The lowest BCUT2D eigenvalue weighted by Gasteiger charge is -2.17. The molecule has 0 aliphatic rings. The van der Waals surface area contributed by atoms with E-state index in [9.17, 15) is 14.5 Å². The third-order valence-electron chi connectivity index (χ3n) is 2.57. The van der Waals surface area contributed by atoms with Crippen LogP contribution in [0.15, 0.2) is 36.4 Å². The lowest BCUT2D eigenvalue weighted by molar-refractivity contribution is -0.147. The molecular weight excluding hydrogens is 263 g/mol. The van der Waals surface area contributed by atoms with Crippen LogP contribution in [0.1, 0.15) is 18.9 Å². The summed E-state index contributed by atoms with van der Waals surface area (Å²) >= 11 is 0. The maximum Gasteiger partial charge on any atom is 0.331 e. The number of aliphatic hydroxyl groups is 1. The van der Waals surface area contributed by atoms with Crippen LogP contribution in [-0.2, 0) is 14.1 Å². The van der Waals surface area contributed by atoms with Crippen LogP contribution in [0.25, 0.3) is 6.08 Å². The largest absolute Gasteiger partial charge is 0.457 e. The van der Waals surface area contributed by atoms with Gasteiger partial charge < -0.3 is 9.84 Å². The molecule has 0 spiro atoms. The Kier molecular flexibility index (Phi) is 7.01. The van der Waals surface area contributed by atoms with E-state index in [-0.39, 0.29) is 8.46 Å². The predicted octanol–water partition coefficient (Wildman–Crippen LogP) is 2.67. The van der Waals surface area contributed by atoms with Gasteiger partial charge in [0.25, 0.3) is 0 Å². The molecular formula is C14H17O4P. The van der Waals surface area contributed by atoms with Crippen LogP contribution in [0.4, 0.5) is 0 Å². The fourth-order valence-electron chi connectivity index (χ4n) is 1.45. The first kappa shape index (κ1) is 15.5. The van der Waals surface area contributed by atoms with Gasteiger partial charge in [0.1, 0.15) is 6.10 Å². The van der Waals surface area contributed by atoms with Crippen molar-refractivity contribution in [1.82, 2.24) is 0 Å². The van der Waals surface area contributed by atoms with Crippen LogP contribution in [0.3, 0.4) is 0 Å². The van der Waals surface area contributed by atoms with Crippen molar-refractivity contribution in [3.05, 3.63) is 42.0 Å². The minimum atomic E-state index is -0.796. The first-order chi connectivity index (χ1) is 9.13. The van der Waals surface area contributed by atoms with Crippen LogP contribution in [0.5, 0.6) is 0 Å². The summed E-state index contributed by atoms with van der Waals surface area (Å²) in [6.07, 6.45) is 2.25. The molecule has 19 heavy (non-hydrogen) atoms. The molecule has 2 atom stereocenters. The fourth-order valence-corrected chi connectivity index (χ4v) is 1.82. The summed E-state index contributed by atoms with van der Waals surface area (Å²) in [4.78, 5) is 11.5. The van der Waals surface area contributed by atoms with Crippen molar-refractivity contribution in [2.75, 3.05) is 6.16 Å². The molecule has 1 N–H and O–H groups in total. The van der Waals surface area contributed by atoms with Gasteiger partial charge in [-0.3, -0.25) is 4.57 Å². The summed E-state index contributed by atoms with van der Waals surface area (Å²) < 4.78 is 15.3. The smallest absolute Gasteiger partial charge is 0.331 e. The van der Waals surface area contributed by atoms with Crippen LogP contribution < -0.4 is 0 Å². The first-order valence-corrected chi connectivity index (χ1v) is 7.04. The number of hydrogen-bond donors (Lipinski definition) is 1. The summed E-state index contributed by atoms with van der Waals surface area (Å²) in [5, 5.41) is 9.64. The van der Waals surface area contributed by atoms with Crippen molar-refractivity contribution in [1.29, 1.82) is 0 Å². The number of rotatable bonds is 7. The molecule has 1 aromatic carbocycles.